The van der Waals surface area contributed by atoms with Crippen LogP contribution in [0.15, 0.2) is 48.7 Å². The predicted octanol–water partition coefficient (Wildman–Crippen LogP) is 4.35. The molecule has 168 valence electrons. The second-order valence-corrected chi connectivity index (χ2v) is 9.87. The van der Waals surface area contributed by atoms with Crippen molar-refractivity contribution in [3.8, 4) is 5.75 Å². The second-order valence-electron chi connectivity index (χ2n) is 9.87. The molecule has 1 aliphatic heterocycles. The first-order valence-corrected chi connectivity index (χ1v) is 11.1. The number of fused-ring (bicyclic) bond motifs is 1. The van der Waals surface area contributed by atoms with E-state index >= 15 is 0 Å². The Morgan fingerprint density at radius 1 is 1.16 bits per heavy atom. The number of piperidine rings is 1. The van der Waals surface area contributed by atoms with Gasteiger partial charge in [0.15, 0.2) is 5.78 Å². The molecule has 4 rings (SSSR count). The molecular formula is C26H31N3O3. The van der Waals surface area contributed by atoms with Gasteiger partial charge in [0.1, 0.15) is 5.75 Å². The summed E-state index contributed by atoms with van der Waals surface area (Å²) >= 11 is 0. The van der Waals surface area contributed by atoms with Crippen LogP contribution >= 0.6 is 0 Å². The summed E-state index contributed by atoms with van der Waals surface area (Å²) in [5.41, 5.74) is 3.32. The standard InChI is InChI=1S/C26H31N3O3/c1-26(2,3)16-28-12-10-18(11-13-28)22-15-29(27)23-9-8-19(14-21(22)23)25(31)20-6-4-5-7-24(20)32-17-30/h4-9,14-15,17-18H,10-13,16,27H2,1-3H3. The van der Waals surface area contributed by atoms with Crippen molar-refractivity contribution >= 4 is 23.2 Å². The van der Waals surface area contributed by atoms with Crippen LogP contribution in [0, 0.1) is 5.41 Å². The minimum atomic E-state index is -0.180. The summed E-state index contributed by atoms with van der Waals surface area (Å²) in [4.78, 5) is 26.6. The smallest absolute Gasteiger partial charge is 0.298 e. The average Bonchev–Trinajstić information content (AvgIpc) is 3.09. The Bertz CT molecular complexity index is 1130. The molecule has 1 fully saturated rings. The van der Waals surface area contributed by atoms with Crippen molar-refractivity contribution in [1.29, 1.82) is 0 Å². The summed E-state index contributed by atoms with van der Waals surface area (Å²) < 4.78 is 6.66. The highest BCUT2D eigenvalue weighted by atomic mass is 16.5. The molecule has 0 aliphatic carbocycles. The fourth-order valence-electron chi connectivity index (χ4n) is 4.79. The zero-order valence-corrected chi connectivity index (χ0v) is 19.0. The van der Waals surface area contributed by atoms with Gasteiger partial charge in [-0.3, -0.25) is 14.3 Å². The molecule has 2 aromatic carbocycles. The fraction of sp³-hybridized carbons (Fsp3) is 0.385. The highest BCUT2D eigenvalue weighted by molar-refractivity contribution is 6.12. The number of hydrogen-bond donors (Lipinski definition) is 1. The van der Waals surface area contributed by atoms with Crippen LogP contribution in [0.3, 0.4) is 0 Å². The lowest BCUT2D eigenvalue weighted by molar-refractivity contribution is -0.120. The van der Waals surface area contributed by atoms with Crippen LogP contribution in [0.5, 0.6) is 5.75 Å². The molecule has 32 heavy (non-hydrogen) atoms. The summed E-state index contributed by atoms with van der Waals surface area (Å²) in [5, 5.41) is 1.02. The van der Waals surface area contributed by atoms with Gasteiger partial charge in [-0.25, -0.2) is 0 Å². The monoisotopic (exact) mass is 433 g/mol. The van der Waals surface area contributed by atoms with E-state index < -0.39 is 0 Å². The third-order valence-corrected chi connectivity index (χ3v) is 6.16. The summed E-state index contributed by atoms with van der Waals surface area (Å²) in [7, 11) is 0. The van der Waals surface area contributed by atoms with Crippen molar-refractivity contribution in [2.45, 2.75) is 39.5 Å². The first kappa shape index (κ1) is 22.1. The number of carbonyl (C=O) groups excluding carboxylic acids is 2. The molecule has 1 saturated heterocycles. The third kappa shape index (κ3) is 4.55. The van der Waals surface area contributed by atoms with E-state index in [0.717, 1.165) is 43.4 Å². The number of aromatic nitrogens is 1. The van der Waals surface area contributed by atoms with Crippen LogP contribution < -0.4 is 10.6 Å². The number of nitrogens with two attached hydrogens (primary N) is 1. The molecule has 0 unspecified atom stereocenters. The van der Waals surface area contributed by atoms with Crippen LogP contribution in [0.4, 0.5) is 0 Å². The Kier molecular flexibility index (Phi) is 6.07. The molecule has 3 aromatic rings. The quantitative estimate of drug-likeness (QED) is 0.355. The highest BCUT2D eigenvalue weighted by Crippen LogP contribution is 2.35. The second kappa shape index (κ2) is 8.79. The molecule has 2 N–H and O–H groups in total. The number of ketones is 1. The molecule has 0 radical (unpaired) electrons. The lowest BCUT2D eigenvalue weighted by Crippen LogP contribution is -2.38. The Morgan fingerprint density at radius 2 is 1.88 bits per heavy atom. The highest BCUT2D eigenvalue weighted by Gasteiger charge is 2.26. The van der Waals surface area contributed by atoms with Crippen molar-refractivity contribution in [2.24, 2.45) is 5.41 Å². The molecule has 0 amide bonds. The lowest BCUT2D eigenvalue weighted by Gasteiger charge is -2.36. The first-order valence-electron chi connectivity index (χ1n) is 11.1. The Hall–Kier alpha value is -3.12. The van der Waals surface area contributed by atoms with Gasteiger partial charge in [0.2, 0.25) is 0 Å². The Balaban J connectivity index is 1.62. The van der Waals surface area contributed by atoms with E-state index in [4.69, 9.17) is 10.6 Å². The molecule has 0 bridgehead atoms. The minimum absolute atomic E-state index is 0.180. The van der Waals surface area contributed by atoms with E-state index in [-0.39, 0.29) is 11.5 Å². The van der Waals surface area contributed by atoms with Crippen LogP contribution in [0.2, 0.25) is 0 Å². The number of para-hydroxylation sites is 1. The van der Waals surface area contributed by atoms with Gasteiger partial charge in [-0.1, -0.05) is 32.9 Å². The van der Waals surface area contributed by atoms with Crippen molar-refractivity contribution in [3.05, 3.63) is 65.4 Å². The molecular weight excluding hydrogens is 402 g/mol. The number of nitrogen functional groups attached to an aromatic ring is 1. The molecule has 6 nitrogen and oxygen atoms in total. The minimum Gasteiger partial charge on any atom is -0.428 e. The van der Waals surface area contributed by atoms with Gasteiger partial charge < -0.3 is 15.5 Å². The van der Waals surface area contributed by atoms with Crippen molar-refractivity contribution in [3.63, 3.8) is 0 Å². The van der Waals surface area contributed by atoms with Gasteiger partial charge in [0, 0.05) is 23.7 Å². The fourth-order valence-corrected chi connectivity index (χ4v) is 4.79. The van der Waals surface area contributed by atoms with Crippen molar-refractivity contribution in [1.82, 2.24) is 9.58 Å². The molecule has 1 aromatic heterocycles. The van der Waals surface area contributed by atoms with Crippen LogP contribution in [0.25, 0.3) is 10.9 Å². The number of likely N-dealkylation sites (tertiary alicyclic amines) is 1. The summed E-state index contributed by atoms with van der Waals surface area (Å²) in [6, 6.07) is 12.4. The average molecular weight is 434 g/mol. The van der Waals surface area contributed by atoms with E-state index in [1.165, 1.54) is 5.56 Å². The molecule has 0 spiro atoms. The first-order chi connectivity index (χ1) is 15.3. The molecule has 0 saturated carbocycles. The number of benzene rings is 2. The molecule has 2 heterocycles. The van der Waals surface area contributed by atoms with Gasteiger partial charge in [0.25, 0.3) is 6.47 Å². The van der Waals surface area contributed by atoms with Crippen molar-refractivity contribution < 1.29 is 14.3 Å². The van der Waals surface area contributed by atoms with Gasteiger partial charge in [0.05, 0.1) is 11.1 Å². The van der Waals surface area contributed by atoms with Crippen LogP contribution in [-0.2, 0) is 4.79 Å². The Morgan fingerprint density at radius 3 is 2.56 bits per heavy atom. The lowest BCUT2D eigenvalue weighted by atomic mass is 9.87. The van der Waals surface area contributed by atoms with Gasteiger partial charge >= 0.3 is 0 Å². The maximum atomic E-state index is 13.2. The normalized spacial score (nSPS) is 15.7. The maximum absolute atomic E-state index is 13.2. The topological polar surface area (TPSA) is 77.6 Å². The zero-order chi connectivity index (χ0) is 22.9. The van der Waals surface area contributed by atoms with Crippen LogP contribution in [-0.4, -0.2) is 41.5 Å². The number of ether oxygens (including phenoxy) is 1. The summed E-state index contributed by atoms with van der Waals surface area (Å²) in [6.45, 7) is 10.4. The van der Waals surface area contributed by atoms with Gasteiger partial charge in [-0.2, -0.15) is 0 Å². The van der Waals surface area contributed by atoms with E-state index in [9.17, 15) is 9.59 Å². The maximum Gasteiger partial charge on any atom is 0.298 e. The zero-order valence-electron chi connectivity index (χ0n) is 19.0. The summed E-state index contributed by atoms with van der Waals surface area (Å²) in [5.74, 6) is 6.75. The summed E-state index contributed by atoms with van der Waals surface area (Å²) in [6.07, 6.45) is 4.15. The van der Waals surface area contributed by atoms with Crippen molar-refractivity contribution in [2.75, 3.05) is 25.5 Å². The number of rotatable bonds is 6. The number of nitrogens with zero attached hydrogens (tertiary/aromatic N) is 2. The molecule has 0 atom stereocenters. The SMILES string of the molecule is CC(C)(C)CN1CCC(c2cn(N)c3ccc(C(=O)c4ccccc4OC=O)cc23)CC1. The largest absolute Gasteiger partial charge is 0.428 e. The van der Waals surface area contributed by atoms with E-state index in [1.54, 1.807) is 35.0 Å². The predicted molar refractivity (Wildman–Crippen MR) is 127 cm³/mol. The van der Waals surface area contributed by atoms with Gasteiger partial charge in [-0.05, 0) is 73.2 Å². The number of hydrogen-bond acceptors (Lipinski definition) is 5. The third-order valence-electron chi connectivity index (χ3n) is 6.16. The van der Waals surface area contributed by atoms with E-state index in [0.29, 0.717) is 28.9 Å². The molecule has 6 heteroatoms. The van der Waals surface area contributed by atoms with Gasteiger partial charge in [-0.15, -0.1) is 0 Å². The van der Waals surface area contributed by atoms with E-state index in [2.05, 4.69) is 25.7 Å². The van der Waals surface area contributed by atoms with E-state index in [1.807, 2.05) is 18.3 Å². The number of carbonyl (C=O) groups is 2. The van der Waals surface area contributed by atoms with Crippen LogP contribution in [0.1, 0.15) is 61.0 Å². The molecule has 1 aliphatic rings. The Labute approximate surface area is 188 Å².